The summed E-state index contributed by atoms with van der Waals surface area (Å²) in [6, 6.07) is -0.524. The summed E-state index contributed by atoms with van der Waals surface area (Å²) >= 11 is 0. The fourth-order valence-corrected chi connectivity index (χ4v) is 1.66. The van der Waals surface area contributed by atoms with Crippen molar-refractivity contribution in [3.63, 3.8) is 0 Å². The van der Waals surface area contributed by atoms with Crippen LogP contribution in [0.3, 0.4) is 0 Å². The predicted molar refractivity (Wildman–Crippen MR) is 61.3 cm³/mol. The summed E-state index contributed by atoms with van der Waals surface area (Å²) in [7, 11) is 1.48. The van der Waals surface area contributed by atoms with Crippen LogP contribution in [0.15, 0.2) is 6.20 Å². The van der Waals surface area contributed by atoms with Gasteiger partial charge in [-0.15, -0.1) is 0 Å². The molecular formula is C11H14N4O2. The number of amides is 2. The number of likely N-dealkylation sites (N-methyl/N-ethyl adjacent to an activating group) is 1. The molecule has 6 heteroatoms. The second kappa shape index (κ2) is 4.12. The number of likely N-dealkylation sites (tertiary alicyclic amines) is 1. The summed E-state index contributed by atoms with van der Waals surface area (Å²) in [4.78, 5) is 32.5. The van der Waals surface area contributed by atoms with E-state index in [9.17, 15) is 9.59 Å². The Kier molecular flexibility index (Phi) is 2.79. The van der Waals surface area contributed by atoms with Gasteiger partial charge in [0, 0.05) is 7.05 Å². The summed E-state index contributed by atoms with van der Waals surface area (Å²) in [5.41, 5.74) is 1.65. The lowest BCUT2D eigenvalue weighted by atomic mass is 10.2. The molecule has 1 atom stereocenters. The first kappa shape index (κ1) is 11.5. The molecule has 1 saturated heterocycles. The van der Waals surface area contributed by atoms with E-state index in [1.54, 1.807) is 6.20 Å². The molecule has 17 heavy (non-hydrogen) atoms. The standard InChI is InChI=1S/C11H14N4O2/c1-6-7(2)13-9(5-12-6)14-8-4-10(16)15(3)11(8)17/h5,8H,4H2,1-3H3,(H,13,14). The van der Waals surface area contributed by atoms with Gasteiger partial charge in [-0.1, -0.05) is 0 Å². The number of carbonyl (C=O) groups is 2. The second-order valence-electron chi connectivity index (χ2n) is 4.12. The Morgan fingerprint density at radius 1 is 1.35 bits per heavy atom. The zero-order valence-corrected chi connectivity index (χ0v) is 10.0. The monoisotopic (exact) mass is 234 g/mol. The number of rotatable bonds is 2. The number of anilines is 1. The molecule has 6 nitrogen and oxygen atoms in total. The van der Waals surface area contributed by atoms with E-state index in [1.165, 1.54) is 7.05 Å². The third kappa shape index (κ3) is 2.11. The Balaban J connectivity index is 2.14. The number of hydrogen-bond donors (Lipinski definition) is 1. The molecule has 0 aromatic carbocycles. The highest BCUT2D eigenvalue weighted by Crippen LogP contribution is 2.15. The molecule has 1 aromatic rings. The van der Waals surface area contributed by atoms with Crippen LogP contribution in [0.25, 0.3) is 0 Å². The fourth-order valence-electron chi connectivity index (χ4n) is 1.66. The van der Waals surface area contributed by atoms with Crippen molar-refractivity contribution >= 4 is 17.6 Å². The molecule has 2 heterocycles. The number of imide groups is 1. The molecule has 1 aromatic heterocycles. The Hall–Kier alpha value is -1.98. The first-order valence-electron chi connectivity index (χ1n) is 5.36. The maximum Gasteiger partial charge on any atom is 0.251 e. The van der Waals surface area contributed by atoms with E-state index >= 15 is 0 Å². The van der Waals surface area contributed by atoms with E-state index in [0.717, 1.165) is 16.3 Å². The van der Waals surface area contributed by atoms with Gasteiger partial charge in [0.2, 0.25) is 5.91 Å². The van der Waals surface area contributed by atoms with Crippen molar-refractivity contribution in [2.75, 3.05) is 12.4 Å². The van der Waals surface area contributed by atoms with Gasteiger partial charge in [0.15, 0.2) is 0 Å². The van der Waals surface area contributed by atoms with E-state index < -0.39 is 6.04 Å². The zero-order valence-electron chi connectivity index (χ0n) is 10.0. The van der Waals surface area contributed by atoms with Gasteiger partial charge >= 0.3 is 0 Å². The van der Waals surface area contributed by atoms with Crippen LogP contribution in [0.2, 0.25) is 0 Å². The van der Waals surface area contributed by atoms with Gasteiger partial charge in [0.25, 0.3) is 5.91 Å². The summed E-state index contributed by atoms with van der Waals surface area (Å²) in [6.07, 6.45) is 1.74. The molecule has 0 radical (unpaired) electrons. The van der Waals surface area contributed by atoms with Gasteiger partial charge in [-0.2, -0.15) is 0 Å². The minimum atomic E-state index is -0.524. The van der Waals surface area contributed by atoms with Crippen molar-refractivity contribution in [3.05, 3.63) is 17.6 Å². The van der Waals surface area contributed by atoms with Gasteiger partial charge in [-0.25, -0.2) is 4.98 Å². The molecule has 0 saturated carbocycles. The minimum Gasteiger partial charge on any atom is -0.357 e. The Bertz CT molecular complexity index is 486. The molecule has 2 rings (SSSR count). The van der Waals surface area contributed by atoms with Crippen LogP contribution in [-0.4, -0.2) is 39.8 Å². The van der Waals surface area contributed by atoms with Crippen molar-refractivity contribution in [3.8, 4) is 0 Å². The van der Waals surface area contributed by atoms with Crippen molar-refractivity contribution in [2.45, 2.75) is 26.3 Å². The van der Waals surface area contributed by atoms with Crippen LogP contribution in [-0.2, 0) is 9.59 Å². The molecule has 1 N–H and O–H groups in total. The quantitative estimate of drug-likeness (QED) is 0.743. The number of nitrogens with zero attached hydrogens (tertiary/aromatic N) is 3. The average molecular weight is 234 g/mol. The van der Waals surface area contributed by atoms with Gasteiger partial charge in [-0.05, 0) is 13.8 Å². The van der Waals surface area contributed by atoms with Crippen LogP contribution in [0.4, 0.5) is 5.82 Å². The van der Waals surface area contributed by atoms with E-state index in [-0.39, 0.29) is 18.2 Å². The molecule has 2 amide bonds. The fraction of sp³-hybridized carbons (Fsp3) is 0.455. The molecule has 0 bridgehead atoms. The highest BCUT2D eigenvalue weighted by Gasteiger charge is 2.36. The largest absolute Gasteiger partial charge is 0.357 e. The highest BCUT2D eigenvalue weighted by molar-refractivity contribution is 6.06. The minimum absolute atomic E-state index is 0.171. The SMILES string of the molecule is Cc1ncc(NC2CC(=O)N(C)C2=O)nc1C. The number of nitrogens with one attached hydrogen (secondary N) is 1. The summed E-state index contributed by atoms with van der Waals surface area (Å²) in [5.74, 6) is 0.119. The number of carbonyl (C=O) groups excluding carboxylic acids is 2. The molecule has 1 aliphatic rings. The molecule has 90 valence electrons. The van der Waals surface area contributed by atoms with Gasteiger partial charge in [0.05, 0.1) is 24.0 Å². The first-order chi connectivity index (χ1) is 7.99. The molecule has 0 aliphatic carbocycles. The predicted octanol–water partition coefficient (Wildman–Crippen LogP) is 0.263. The average Bonchev–Trinajstić information content (AvgIpc) is 2.52. The third-order valence-corrected chi connectivity index (χ3v) is 2.90. The maximum atomic E-state index is 11.7. The molecule has 1 aliphatic heterocycles. The Labute approximate surface area is 99.1 Å². The maximum absolute atomic E-state index is 11.7. The number of aryl methyl sites for hydroxylation is 2. The molecule has 0 spiro atoms. The summed E-state index contributed by atoms with van der Waals surface area (Å²) in [5, 5.41) is 2.93. The van der Waals surface area contributed by atoms with E-state index in [0.29, 0.717) is 5.82 Å². The number of aromatic nitrogens is 2. The van der Waals surface area contributed by atoms with Crippen LogP contribution >= 0.6 is 0 Å². The highest BCUT2D eigenvalue weighted by atomic mass is 16.2. The van der Waals surface area contributed by atoms with Crippen molar-refractivity contribution in [1.29, 1.82) is 0 Å². The lowest BCUT2D eigenvalue weighted by molar-refractivity contribution is -0.136. The summed E-state index contributed by atoms with van der Waals surface area (Å²) in [6.45, 7) is 3.71. The topological polar surface area (TPSA) is 75.2 Å². The lowest BCUT2D eigenvalue weighted by Gasteiger charge is -2.12. The Morgan fingerprint density at radius 2 is 2.06 bits per heavy atom. The zero-order chi connectivity index (χ0) is 12.6. The van der Waals surface area contributed by atoms with E-state index in [2.05, 4.69) is 15.3 Å². The third-order valence-electron chi connectivity index (χ3n) is 2.90. The number of hydrogen-bond acceptors (Lipinski definition) is 5. The molecule has 1 unspecified atom stereocenters. The smallest absolute Gasteiger partial charge is 0.251 e. The van der Waals surface area contributed by atoms with Crippen LogP contribution in [0.5, 0.6) is 0 Å². The van der Waals surface area contributed by atoms with Crippen molar-refractivity contribution in [2.24, 2.45) is 0 Å². The lowest BCUT2D eigenvalue weighted by Crippen LogP contribution is -2.32. The van der Waals surface area contributed by atoms with Crippen molar-refractivity contribution in [1.82, 2.24) is 14.9 Å². The summed E-state index contributed by atoms with van der Waals surface area (Å²) < 4.78 is 0. The van der Waals surface area contributed by atoms with E-state index in [1.807, 2.05) is 13.8 Å². The first-order valence-corrected chi connectivity index (χ1v) is 5.36. The van der Waals surface area contributed by atoms with Crippen LogP contribution < -0.4 is 5.32 Å². The molecular weight excluding hydrogens is 220 g/mol. The Morgan fingerprint density at radius 3 is 2.59 bits per heavy atom. The van der Waals surface area contributed by atoms with Crippen molar-refractivity contribution < 1.29 is 9.59 Å². The molecule has 1 fully saturated rings. The van der Waals surface area contributed by atoms with Gasteiger partial charge < -0.3 is 5.32 Å². The van der Waals surface area contributed by atoms with E-state index in [4.69, 9.17) is 0 Å². The van der Waals surface area contributed by atoms with Gasteiger partial charge in [0.1, 0.15) is 11.9 Å². The normalized spacial score (nSPS) is 19.9. The second-order valence-corrected chi connectivity index (χ2v) is 4.12. The van der Waals surface area contributed by atoms with Gasteiger partial charge in [-0.3, -0.25) is 19.5 Å². The van der Waals surface area contributed by atoms with Crippen LogP contribution in [0.1, 0.15) is 17.8 Å². The van der Waals surface area contributed by atoms with Crippen LogP contribution in [0, 0.1) is 13.8 Å².